The van der Waals surface area contributed by atoms with E-state index in [9.17, 15) is 0 Å². The number of benzene rings is 1. The molecule has 0 fully saturated rings. The average Bonchev–Trinajstić information content (AvgIpc) is 2.35. The molecule has 0 bridgehead atoms. The summed E-state index contributed by atoms with van der Waals surface area (Å²) in [6.07, 6.45) is 3.57. The van der Waals surface area contributed by atoms with Crippen LogP contribution in [-0.4, -0.2) is 4.98 Å². The normalized spacial score (nSPS) is 10.1. The van der Waals surface area contributed by atoms with E-state index in [1.54, 1.807) is 24.5 Å². The maximum atomic E-state index is 8.68. The van der Waals surface area contributed by atoms with Crippen LogP contribution in [0.25, 0.3) is 11.1 Å². The van der Waals surface area contributed by atoms with Crippen LogP contribution in [0, 0.1) is 11.3 Å². The predicted molar refractivity (Wildman–Crippen MR) is 74.0 cm³/mol. The second kappa shape index (κ2) is 5.58. The van der Waals surface area contributed by atoms with Crippen molar-refractivity contribution in [3.63, 3.8) is 0 Å². The molecule has 0 aliphatic heterocycles. The number of hydrogen-bond acceptors (Lipinski definition) is 2. The fraction of sp³-hybridized carbons (Fsp3) is 0.0769. The van der Waals surface area contributed by atoms with Gasteiger partial charge in [-0.05, 0) is 23.8 Å². The molecule has 0 aliphatic carbocycles. The van der Waals surface area contributed by atoms with Gasteiger partial charge in [0, 0.05) is 23.5 Å². The summed E-state index contributed by atoms with van der Waals surface area (Å²) in [5, 5.41) is 10.0. The van der Waals surface area contributed by atoms with E-state index in [-0.39, 0.29) is 6.42 Å². The number of pyridine rings is 1. The van der Waals surface area contributed by atoms with Gasteiger partial charge in [0.1, 0.15) is 0 Å². The van der Waals surface area contributed by atoms with Crippen LogP contribution in [0.1, 0.15) is 5.56 Å². The van der Waals surface area contributed by atoms with Crippen LogP contribution in [0.15, 0.2) is 30.6 Å². The van der Waals surface area contributed by atoms with Crippen molar-refractivity contribution in [2.75, 3.05) is 0 Å². The molecule has 0 atom stereocenters. The fourth-order valence-corrected chi connectivity index (χ4v) is 2.35. The number of halogens is 3. The summed E-state index contributed by atoms with van der Waals surface area (Å²) in [6.45, 7) is 0. The van der Waals surface area contributed by atoms with Crippen molar-refractivity contribution in [1.82, 2.24) is 4.98 Å². The van der Waals surface area contributed by atoms with Gasteiger partial charge >= 0.3 is 0 Å². The minimum atomic E-state index is 0.288. The lowest BCUT2D eigenvalue weighted by Gasteiger charge is -2.09. The van der Waals surface area contributed by atoms with Crippen molar-refractivity contribution in [3.05, 3.63) is 51.2 Å². The lowest BCUT2D eigenvalue weighted by Crippen LogP contribution is -1.88. The first-order valence-electron chi connectivity index (χ1n) is 5.08. The molecule has 2 nitrogen and oxygen atoms in total. The Labute approximate surface area is 120 Å². The van der Waals surface area contributed by atoms with Crippen LogP contribution >= 0.6 is 34.8 Å². The molecule has 2 aromatic rings. The summed E-state index contributed by atoms with van der Waals surface area (Å²) in [4.78, 5) is 4.08. The molecule has 18 heavy (non-hydrogen) atoms. The number of rotatable bonds is 2. The molecule has 0 unspecified atom stereocenters. The van der Waals surface area contributed by atoms with Gasteiger partial charge in [-0.2, -0.15) is 5.26 Å². The van der Waals surface area contributed by atoms with E-state index in [2.05, 4.69) is 11.1 Å². The summed E-state index contributed by atoms with van der Waals surface area (Å²) in [5.41, 5.74) is 2.19. The Morgan fingerprint density at radius 3 is 2.56 bits per heavy atom. The maximum Gasteiger partial charge on any atom is 0.0686 e. The summed E-state index contributed by atoms with van der Waals surface area (Å²) in [5.74, 6) is 0. The monoisotopic (exact) mass is 296 g/mol. The van der Waals surface area contributed by atoms with Crippen molar-refractivity contribution in [3.8, 4) is 17.2 Å². The minimum absolute atomic E-state index is 0.288. The molecule has 0 saturated heterocycles. The summed E-state index contributed by atoms with van der Waals surface area (Å²) in [7, 11) is 0. The first-order chi connectivity index (χ1) is 8.63. The quantitative estimate of drug-likeness (QED) is 0.748. The van der Waals surface area contributed by atoms with Crippen molar-refractivity contribution < 1.29 is 0 Å². The molecule has 2 rings (SSSR count). The highest BCUT2D eigenvalue weighted by Crippen LogP contribution is 2.38. The summed E-state index contributed by atoms with van der Waals surface area (Å²) in [6, 6.07) is 7.23. The fourth-order valence-electron chi connectivity index (χ4n) is 1.60. The van der Waals surface area contributed by atoms with Crippen molar-refractivity contribution in [2.45, 2.75) is 6.42 Å². The largest absolute Gasteiger partial charge is 0.264 e. The first kappa shape index (κ1) is 13.2. The van der Waals surface area contributed by atoms with Crippen molar-refractivity contribution in [2.24, 2.45) is 0 Å². The Bertz CT molecular complexity index is 633. The number of aromatic nitrogens is 1. The SMILES string of the molecule is N#CCc1cncc(-c2c(Cl)ccc(Cl)c2Cl)c1. The Balaban J connectivity index is 2.59. The molecule has 5 heteroatoms. The second-order valence-electron chi connectivity index (χ2n) is 3.63. The zero-order valence-electron chi connectivity index (χ0n) is 9.12. The van der Waals surface area contributed by atoms with Gasteiger partial charge in [-0.1, -0.05) is 34.8 Å². The van der Waals surface area contributed by atoms with Gasteiger partial charge in [0.05, 0.1) is 27.6 Å². The van der Waals surface area contributed by atoms with Gasteiger partial charge < -0.3 is 0 Å². The molecule has 0 aliphatic rings. The van der Waals surface area contributed by atoms with E-state index >= 15 is 0 Å². The van der Waals surface area contributed by atoms with Gasteiger partial charge in [0.25, 0.3) is 0 Å². The van der Waals surface area contributed by atoms with Crippen LogP contribution < -0.4 is 0 Å². The zero-order chi connectivity index (χ0) is 13.1. The lowest BCUT2D eigenvalue weighted by molar-refractivity contribution is 1.19. The second-order valence-corrected chi connectivity index (χ2v) is 4.83. The molecule has 1 heterocycles. The third-order valence-corrected chi connectivity index (χ3v) is 3.53. The molecule has 0 radical (unpaired) electrons. The topological polar surface area (TPSA) is 36.7 Å². The molecule has 0 amide bonds. The van der Waals surface area contributed by atoms with Crippen LogP contribution in [0.3, 0.4) is 0 Å². The van der Waals surface area contributed by atoms with E-state index in [0.29, 0.717) is 20.6 Å². The first-order valence-corrected chi connectivity index (χ1v) is 6.21. The third-order valence-electron chi connectivity index (χ3n) is 2.41. The van der Waals surface area contributed by atoms with Gasteiger partial charge in [-0.15, -0.1) is 0 Å². The molecule has 0 N–H and O–H groups in total. The molecule has 90 valence electrons. The van der Waals surface area contributed by atoms with Gasteiger partial charge in [-0.3, -0.25) is 4.98 Å². The third kappa shape index (κ3) is 2.59. The van der Waals surface area contributed by atoms with Crippen LogP contribution in [-0.2, 0) is 6.42 Å². The standard InChI is InChI=1S/C13H7Cl3N2/c14-10-1-2-11(15)13(16)12(10)9-5-8(3-4-17)6-18-7-9/h1-2,5-7H,3H2. The zero-order valence-corrected chi connectivity index (χ0v) is 11.4. The Morgan fingerprint density at radius 1 is 1.11 bits per heavy atom. The van der Waals surface area contributed by atoms with E-state index in [1.807, 2.05) is 6.07 Å². The van der Waals surface area contributed by atoms with Gasteiger partial charge in [0.2, 0.25) is 0 Å². The molecular formula is C13H7Cl3N2. The average molecular weight is 298 g/mol. The smallest absolute Gasteiger partial charge is 0.0686 e. The highest BCUT2D eigenvalue weighted by Gasteiger charge is 2.12. The molecule has 0 saturated carbocycles. The number of hydrogen-bond donors (Lipinski definition) is 0. The Morgan fingerprint density at radius 2 is 1.83 bits per heavy atom. The number of nitrogens with zero attached hydrogens (tertiary/aromatic N) is 2. The summed E-state index contributed by atoms with van der Waals surface area (Å²) >= 11 is 18.3. The van der Waals surface area contributed by atoms with Crippen molar-refractivity contribution >= 4 is 34.8 Å². The van der Waals surface area contributed by atoms with E-state index in [1.165, 1.54) is 0 Å². The maximum absolute atomic E-state index is 8.68. The highest BCUT2D eigenvalue weighted by molar-refractivity contribution is 6.46. The molecular weight excluding hydrogens is 291 g/mol. The van der Waals surface area contributed by atoms with Gasteiger partial charge in [-0.25, -0.2) is 0 Å². The molecule has 0 spiro atoms. The van der Waals surface area contributed by atoms with Crippen molar-refractivity contribution in [1.29, 1.82) is 5.26 Å². The number of nitriles is 1. The molecule has 1 aromatic heterocycles. The van der Waals surface area contributed by atoms with E-state index in [4.69, 9.17) is 40.1 Å². The Kier molecular flexibility index (Phi) is 4.08. The summed E-state index contributed by atoms with van der Waals surface area (Å²) < 4.78 is 0. The van der Waals surface area contributed by atoms with Crippen LogP contribution in [0.2, 0.25) is 15.1 Å². The van der Waals surface area contributed by atoms with E-state index < -0.39 is 0 Å². The predicted octanol–water partition coefficient (Wildman–Crippen LogP) is 4.77. The van der Waals surface area contributed by atoms with E-state index in [0.717, 1.165) is 11.1 Å². The Hall–Kier alpha value is -1.27. The molecule has 1 aromatic carbocycles. The lowest BCUT2D eigenvalue weighted by atomic mass is 10.0. The minimum Gasteiger partial charge on any atom is -0.264 e. The highest BCUT2D eigenvalue weighted by atomic mass is 35.5. The van der Waals surface area contributed by atoms with Crippen LogP contribution in [0.5, 0.6) is 0 Å². The van der Waals surface area contributed by atoms with Gasteiger partial charge in [0.15, 0.2) is 0 Å². The van der Waals surface area contributed by atoms with Crippen LogP contribution in [0.4, 0.5) is 0 Å².